The molecule has 0 aliphatic carbocycles. The zero-order valence-electron chi connectivity index (χ0n) is 21.7. The van der Waals surface area contributed by atoms with Gasteiger partial charge in [0.25, 0.3) is 5.91 Å². The van der Waals surface area contributed by atoms with Crippen LogP contribution in [0.4, 0.5) is 0 Å². The maximum Gasteiger partial charge on any atom is 0.305 e. The minimum atomic E-state index is -1.38. The summed E-state index contributed by atoms with van der Waals surface area (Å²) in [5.41, 5.74) is 0.724. The summed E-state index contributed by atoms with van der Waals surface area (Å²) in [6.45, 7) is 1.47. The lowest BCUT2D eigenvalue weighted by Gasteiger charge is -2.43. The SMILES string of the molecule is CC(=O)NC1CCC(=O)N2CCCC(C(=O)NC(CC(=O)O)C(=O)CSc3ncnn3-c3ccccc3)N2C1=O. The normalized spacial score (nSPS) is 19.8. The number of hydrazine groups is 1. The van der Waals surface area contributed by atoms with E-state index in [0.29, 0.717) is 11.6 Å². The van der Waals surface area contributed by atoms with Crippen LogP contribution in [0.3, 0.4) is 0 Å². The van der Waals surface area contributed by atoms with Gasteiger partial charge in [0.15, 0.2) is 10.9 Å². The van der Waals surface area contributed by atoms with E-state index in [1.54, 1.807) is 0 Å². The second kappa shape index (κ2) is 12.7. The Hall–Kier alpha value is -4.27. The van der Waals surface area contributed by atoms with Crippen LogP contribution in [0.5, 0.6) is 0 Å². The minimum Gasteiger partial charge on any atom is -0.481 e. The molecule has 2 aromatic rings. The van der Waals surface area contributed by atoms with Crippen LogP contribution in [-0.2, 0) is 28.8 Å². The van der Waals surface area contributed by atoms with Crippen molar-refractivity contribution in [2.75, 3.05) is 12.3 Å². The zero-order chi connectivity index (χ0) is 28.8. The number of aromatic nitrogens is 3. The van der Waals surface area contributed by atoms with Crippen LogP contribution in [0.15, 0.2) is 41.8 Å². The Bertz CT molecular complexity index is 1300. The van der Waals surface area contributed by atoms with Crippen molar-refractivity contribution in [2.45, 2.75) is 62.3 Å². The fraction of sp³-hybridized carbons (Fsp3) is 0.440. The number of hydrogen-bond donors (Lipinski definition) is 3. The number of nitrogens with zero attached hydrogens (tertiary/aromatic N) is 5. The molecule has 14 nitrogen and oxygen atoms in total. The summed E-state index contributed by atoms with van der Waals surface area (Å²) in [7, 11) is 0. The summed E-state index contributed by atoms with van der Waals surface area (Å²) >= 11 is 1.04. The number of benzene rings is 1. The lowest BCUT2D eigenvalue weighted by Crippen LogP contribution is -2.64. The van der Waals surface area contributed by atoms with Crippen molar-refractivity contribution in [3.05, 3.63) is 36.7 Å². The van der Waals surface area contributed by atoms with Crippen molar-refractivity contribution in [2.24, 2.45) is 0 Å². The van der Waals surface area contributed by atoms with Gasteiger partial charge in [-0.2, -0.15) is 5.10 Å². The fourth-order valence-corrected chi connectivity index (χ4v) is 5.52. The second-order valence-corrected chi connectivity index (χ2v) is 10.3. The lowest BCUT2D eigenvalue weighted by atomic mass is 10.0. The third kappa shape index (κ3) is 6.65. The number of carbonyl (C=O) groups excluding carboxylic acids is 5. The first-order chi connectivity index (χ1) is 19.2. The number of hydrogen-bond acceptors (Lipinski definition) is 9. The molecule has 3 N–H and O–H groups in total. The van der Waals surface area contributed by atoms with Gasteiger partial charge < -0.3 is 15.7 Å². The smallest absolute Gasteiger partial charge is 0.305 e. The minimum absolute atomic E-state index is 0.00642. The van der Waals surface area contributed by atoms with Crippen LogP contribution in [0.1, 0.15) is 39.0 Å². The number of nitrogens with one attached hydrogen (secondary N) is 2. The molecule has 2 aliphatic rings. The van der Waals surface area contributed by atoms with Crippen LogP contribution in [0, 0.1) is 0 Å². The molecule has 4 amide bonds. The highest BCUT2D eigenvalue weighted by atomic mass is 32.2. The highest BCUT2D eigenvalue weighted by molar-refractivity contribution is 7.99. The van der Waals surface area contributed by atoms with Gasteiger partial charge in [0.1, 0.15) is 18.4 Å². The van der Waals surface area contributed by atoms with Crippen molar-refractivity contribution in [3.8, 4) is 5.69 Å². The van der Waals surface area contributed by atoms with E-state index >= 15 is 0 Å². The Balaban J connectivity index is 1.48. The molecule has 15 heteroatoms. The molecule has 1 aromatic carbocycles. The summed E-state index contributed by atoms with van der Waals surface area (Å²) < 4.78 is 1.53. The second-order valence-electron chi connectivity index (χ2n) is 9.35. The van der Waals surface area contributed by atoms with E-state index in [4.69, 9.17) is 0 Å². The molecule has 0 bridgehead atoms. The third-order valence-corrected chi connectivity index (χ3v) is 7.45. The Morgan fingerprint density at radius 1 is 1.15 bits per heavy atom. The summed E-state index contributed by atoms with van der Waals surface area (Å²) in [5.74, 6) is -4.25. The number of ketones is 1. The van der Waals surface area contributed by atoms with Gasteiger partial charge in [-0.05, 0) is 31.4 Å². The third-order valence-electron chi connectivity index (χ3n) is 6.49. The first kappa shape index (κ1) is 28.7. The van der Waals surface area contributed by atoms with Gasteiger partial charge in [0.2, 0.25) is 17.7 Å². The standard InChI is InChI=1S/C25H29N7O7S/c1-15(33)28-17-9-10-21(35)30-11-5-8-19(32(30)24(17)39)23(38)29-18(12-22(36)37)20(34)13-40-25-26-14-27-31(25)16-6-3-2-4-7-16/h2-4,6-7,14,17-19H,5,8-13H2,1H3,(H,28,33)(H,29,38)(H,36,37). The van der Waals surface area contributed by atoms with E-state index in [1.165, 1.54) is 22.9 Å². The topological polar surface area (TPSA) is 184 Å². The Kier molecular flexibility index (Phi) is 9.14. The molecule has 40 heavy (non-hydrogen) atoms. The van der Waals surface area contributed by atoms with Gasteiger partial charge >= 0.3 is 5.97 Å². The lowest BCUT2D eigenvalue weighted by molar-refractivity contribution is -0.176. The van der Waals surface area contributed by atoms with Gasteiger partial charge in [-0.1, -0.05) is 30.0 Å². The predicted octanol–water partition coefficient (Wildman–Crippen LogP) is -0.0789. The zero-order valence-corrected chi connectivity index (χ0v) is 22.5. The van der Waals surface area contributed by atoms with Gasteiger partial charge in [-0.15, -0.1) is 0 Å². The number of rotatable bonds is 10. The fourth-order valence-electron chi connectivity index (χ4n) is 4.65. The van der Waals surface area contributed by atoms with Crippen molar-refractivity contribution >= 4 is 47.1 Å². The largest absolute Gasteiger partial charge is 0.481 e. The van der Waals surface area contributed by atoms with Crippen molar-refractivity contribution in [1.82, 2.24) is 35.4 Å². The summed E-state index contributed by atoms with van der Waals surface area (Å²) in [5, 5.41) is 21.3. The molecular formula is C25H29N7O7S. The van der Waals surface area contributed by atoms with Crippen LogP contribution in [0.25, 0.3) is 5.69 Å². The molecule has 3 atom stereocenters. The van der Waals surface area contributed by atoms with Gasteiger partial charge in [0.05, 0.1) is 23.9 Å². The first-order valence-electron chi connectivity index (χ1n) is 12.7. The van der Waals surface area contributed by atoms with Gasteiger partial charge in [-0.3, -0.25) is 33.8 Å². The molecule has 2 fully saturated rings. The Morgan fingerprint density at radius 3 is 2.60 bits per heavy atom. The maximum atomic E-state index is 13.4. The average Bonchev–Trinajstić information content (AvgIpc) is 3.37. The van der Waals surface area contributed by atoms with E-state index < -0.39 is 54.0 Å². The quantitative estimate of drug-likeness (QED) is 0.326. The summed E-state index contributed by atoms with van der Waals surface area (Å²) in [6, 6.07) is 5.58. The van der Waals surface area contributed by atoms with E-state index in [1.807, 2.05) is 30.3 Å². The molecule has 0 radical (unpaired) electrons. The van der Waals surface area contributed by atoms with E-state index in [9.17, 15) is 33.9 Å². The van der Waals surface area contributed by atoms with Crippen LogP contribution in [-0.4, -0.2) is 95.7 Å². The Morgan fingerprint density at radius 2 is 1.90 bits per heavy atom. The monoisotopic (exact) mass is 571 g/mol. The molecule has 3 unspecified atom stereocenters. The van der Waals surface area contributed by atoms with Crippen LogP contribution < -0.4 is 10.6 Å². The molecule has 4 rings (SSSR count). The average molecular weight is 572 g/mol. The van der Waals surface area contributed by atoms with Gasteiger partial charge in [0, 0.05) is 19.9 Å². The molecule has 3 heterocycles. The first-order valence-corrected chi connectivity index (χ1v) is 13.7. The van der Waals surface area contributed by atoms with E-state index in [2.05, 4.69) is 20.7 Å². The van der Waals surface area contributed by atoms with Crippen LogP contribution >= 0.6 is 11.8 Å². The molecule has 1 aromatic heterocycles. The van der Waals surface area contributed by atoms with E-state index in [-0.39, 0.29) is 37.5 Å². The highest BCUT2D eigenvalue weighted by Crippen LogP contribution is 2.25. The molecule has 0 spiro atoms. The van der Waals surface area contributed by atoms with Crippen molar-refractivity contribution in [1.29, 1.82) is 0 Å². The number of Topliss-reactive ketones (excluding diaryl/α,β-unsaturated/α-hetero) is 1. The van der Waals surface area contributed by atoms with Gasteiger partial charge in [-0.25, -0.2) is 14.7 Å². The summed E-state index contributed by atoms with van der Waals surface area (Å²) in [4.78, 5) is 79.9. The number of para-hydroxylation sites is 1. The number of fused-ring (bicyclic) bond motifs is 1. The highest BCUT2D eigenvalue weighted by Gasteiger charge is 2.45. The Labute approximate surface area is 233 Å². The molecule has 0 saturated carbocycles. The number of carbonyl (C=O) groups is 6. The number of amides is 4. The van der Waals surface area contributed by atoms with Crippen molar-refractivity contribution < 1.29 is 33.9 Å². The molecule has 2 aliphatic heterocycles. The molecule has 212 valence electrons. The molecular weight excluding hydrogens is 542 g/mol. The predicted molar refractivity (Wildman–Crippen MR) is 140 cm³/mol. The number of aliphatic carboxylic acids is 1. The molecule has 2 saturated heterocycles. The number of carboxylic acids is 1. The maximum absolute atomic E-state index is 13.4. The summed E-state index contributed by atoms with van der Waals surface area (Å²) in [6.07, 6.45) is 1.36. The van der Waals surface area contributed by atoms with Crippen LogP contribution in [0.2, 0.25) is 0 Å². The van der Waals surface area contributed by atoms with Crippen molar-refractivity contribution in [3.63, 3.8) is 0 Å². The number of thioether (sulfide) groups is 1. The number of carboxylic acid groups (broad SMARTS) is 1. The van der Waals surface area contributed by atoms with E-state index in [0.717, 1.165) is 22.5 Å².